The molecule has 0 aliphatic carbocycles. The molecule has 0 saturated carbocycles. The third-order valence-corrected chi connectivity index (χ3v) is 2.19. The van der Waals surface area contributed by atoms with Crippen molar-refractivity contribution in [2.45, 2.75) is 0 Å². The smallest absolute Gasteiger partial charge is 0.198 e. The average molecular weight is 216 g/mol. The molecule has 0 radical (unpaired) electrons. The fraction of sp³-hybridized carbons (Fsp3) is 0.100. The van der Waals surface area contributed by atoms with E-state index in [1.165, 1.54) is 7.11 Å². The predicted octanol–water partition coefficient (Wildman–Crippen LogP) is 0.633. The Kier molecular flexibility index (Phi) is 2.21. The van der Waals surface area contributed by atoms with Gasteiger partial charge in [0.15, 0.2) is 11.2 Å². The fourth-order valence-corrected chi connectivity index (χ4v) is 1.37. The van der Waals surface area contributed by atoms with Gasteiger partial charge in [-0.1, -0.05) is 0 Å². The molecule has 2 aromatic rings. The fourth-order valence-electron chi connectivity index (χ4n) is 1.37. The molecular weight excluding hydrogens is 208 g/mol. The summed E-state index contributed by atoms with van der Waals surface area (Å²) in [4.78, 5) is 3.95. The van der Waals surface area contributed by atoms with Gasteiger partial charge in [0.2, 0.25) is 0 Å². The maximum atomic E-state index is 9.63. The summed E-state index contributed by atoms with van der Waals surface area (Å²) in [7, 11) is 1.51. The summed E-state index contributed by atoms with van der Waals surface area (Å²) in [5.74, 6) is 0.571. The summed E-state index contributed by atoms with van der Waals surface area (Å²) < 4.78 is 5.63. The highest BCUT2D eigenvalue weighted by molar-refractivity contribution is 5.76. The first-order valence-electron chi connectivity index (χ1n) is 4.42. The molecule has 0 atom stereocenters. The zero-order valence-corrected chi connectivity index (χ0v) is 8.43. The van der Waals surface area contributed by atoms with E-state index in [1.54, 1.807) is 24.3 Å². The Balaban J connectivity index is 2.89. The van der Waals surface area contributed by atoms with Crippen LogP contribution in [-0.2, 0) is 0 Å². The summed E-state index contributed by atoms with van der Waals surface area (Å²) in [6, 6.07) is 6.54. The molecule has 80 valence electrons. The van der Waals surface area contributed by atoms with Crippen LogP contribution in [-0.4, -0.2) is 22.0 Å². The number of rotatable bonds is 1. The lowest BCUT2D eigenvalue weighted by Crippen LogP contribution is -2.22. The standard InChI is InChI=1S/C10H8N4O2/c1-16-6-2-3-9-7(4-6)13-8(5-11)10(12)14(9)15/h2-4,12,15H,1H3. The molecule has 6 nitrogen and oxygen atoms in total. The van der Waals surface area contributed by atoms with E-state index in [0.717, 1.165) is 0 Å². The summed E-state index contributed by atoms with van der Waals surface area (Å²) in [5.41, 5.74) is 0.280. The number of hydrogen-bond acceptors (Lipinski definition) is 5. The van der Waals surface area contributed by atoms with Gasteiger partial charge in [-0.05, 0) is 12.1 Å². The minimum Gasteiger partial charge on any atom is -0.497 e. The summed E-state index contributed by atoms with van der Waals surface area (Å²) in [6.45, 7) is 0. The molecule has 1 heterocycles. The highest BCUT2D eigenvalue weighted by atomic mass is 16.5. The van der Waals surface area contributed by atoms with Gasteiger partial charge in [-0.15, -0.1) is 0 Å². The molecule has 0 bridgehead atoms. The Morgan fingerprint density at radius 2 is 2.31 bits per heavy atom. The van der Waals surface area contributed by atoms with E-state index in [2.05, 4.69) is 4.98 Å². The van der Waals surface area contributed by atoms with E-state index in [-0.39, 0.29) is 11.2 Å². The monoisotopic (exact) mass is 216 g/mol. The van der Waals surface area contributed by atoms with Crippen molar-refractivity contribution < 1.29 is 9.94 Å². The first kappa shape index (κ1) is 9.98. The molecule has 1 aromatic carbocycles. The van der Waals surface area contributed by atoms with Crippen molar-refractivity contribution in [2.75, 3.05) is 7.11 Å². The zero-order chi connectivity index (χ0) is 11.7. The molecule has 2 rings (SSSR count). The molecule has 16 heavy (non-hydrogen) atoms. The van der Waals surface area contributed by atoms with Crippen LogP contribution in [0, 0.1) is 16.7 Å². The summed E-state index contributed by atoms with van der Waals surface area (Å²) in [5, 5.41) is 25.8. The molecule has 2 N–H and O–H groups in total. The lowest BCUT2D eigenvalue weighted by Gasteiger charge is -2.06. The topological polar surface area (TPSA) is 94.9 Å². The number of aromatic nitrogens is 2. The Bertz CT molecular complexity index is 654. The largest absolute Gasteiger partial charge is 0.497 e. The lowest BCUT2D eigenvalue weighted by molar-refractivity contribution is 0.183. The first-order chi connectivity index (χ1) is 7.67. The van der Waals surface area contributed by atoms with Gasteiger partial charge in [0.05, 0.1) is 12.6 Å². The molecule has 0 spiro atoms. The van der Waals surface area contributed by atoms with Crippen LogP contribution in [0.3, 0.4) is 0 Å². The highest BCUT2D eigenvalue weighted by Gasteiger charge is 2.07. The van der Waals surface area contributed by atoms with Crippen LogP contribution < -0.4 is 10.2 Å². The van der Waals surface area contributed by atoms with E-state index < -0.39 is 0 Å². The van der Waals surface area contributed by atoms with Gasteiger partial charge in [-0.3, -0.25) is 5.41 Å². The summed E-state index contributed by atoms with van der Waals surface area (Å²) in [6.07, 6.45) is 0. The van der Waals surface area contributed by atoms with E-state index in [4.69, 9.17) is 15.4 Å². The van der Waals surface area contributed by atoms with E-state index in [9.17, 15) is 5.21 Å². The van der Waals surface area contributed by atoms with Crippen molar-refractivity contribution in [2.24, 2.45) is 0 Å². The number of benzene rings is 1. The molecule has 0 fully saturated rings. The molecule has 0 aliphatic rings. The van der Waals surface area contributed by atoms with Crippen molar-refractivity contribution in [1.82, 2.24) is 9.71 Å². The van der Waals surface area contributed by atoms with Crippen LogP contribution in [0.1, 0.15) is 5.69 Å². The number of ether oxygens (including phenoxy) is 1. The van der Waals surface area contributed by atoms with Crippen molar-refractivity contribution in [3.63, 3.8) is 0 Å². The zero-order valence-electron chi connectivity index (χ0n) is 8.43. The van der Waals surface area contributed by atoms with Gasteiger partial charge in [0.25, 0.3) is 0 Å². The van der Waals surface area contributed by atoms with E-state index in [0.29, 0.717) is 21.5 Å². The number of nitriles is 1. The second kappa shape index (κ2) is 3.55. The highest BCUT2D eigenvalue weighted by Crippen LogP contribution is 2.17. The van der Waals surface area contributed by atoms with Gasteiger partial charge in [0, 0.05) is 6.07 Å². The van der Waals surface area contributed by atoms with Crippen LogP contribution in [0.4, 0.5) is 0 Å². The Hall–Kier alpha value is -2.55. The minimum atomic E-state index is -0.333. The van der Waals surface area contributed by atoms with Crippen molar-refractivity contribution in [3.8, 4) is 11.8 Å². The number of hydrogen-bond donors (Lipinski definition) is 2. The van der Waals surface area contributed by atoms with Gasteiger partial charge in [-0.25, -0.2) is 4.98 Å². The van der Waals surface area contributed by atoms with E-state index >= 15 is 0 Å². The molecule has 1 aromatic heterocycles. The minimum absolute atomic E-state index is 0.136. The Morgan fingerprint density at radius 1 is 1.56 bits per heavy atom. The normalized spacial score (nSPS) is 10.0. The molecular formula is C10H8N4O2. The first-order valence-corrected chi connectivity index (χ1v) is 4.42. The second-order valence-corrected chi connectivity index (χ2v) is 3.09. The van der Waals surface area contributed by atoms with Crippen LogP contribution in [0.15, 0.2) is 18.2 Å². The maximum Gasteiger partial charge on any atom is 0.198 e. The second-order valence-electron chi connectivity index (χ2n) is 3.09. The van der Waals surface area contributed by atoms with Gasteiger partial charge in [0.1, 0.15) is 17.3 Å². The number of nitrogens with one attached hydrogen (secondary N) is 1. The average Bonchev–Trinajstić information content (AvgIpc) is 2.33. The Morgan fingerprint density at radius 3 is 2.94 bits per heavy atom. The van der Waals surface area contributed by atoms with Crippen LogP contribution >= 0.6 is 0 Å². The lowest BCUT2D eigenvalue weighted by atomic mass is 10.2. The number of methoxy groups -OCH3 is 1. The molecule has 0 saturated heterocycles. The predicted molar refractivity (Wildman–Crippen MR) is 54.0 cm³/mol. The number of nitrogens with zero attached hydrogens (tertiary/aromatic N) is 3. The van der Waals surface area contributed by atoms with Gasteiger partial charge >= 0.3 is 0 Å². The van der Waals surface area contributed by atoms with Crippen LogP contribution in [0.25, 0.3) is 11.0 Å². The quantitative estimate of drug-likeness (QED) is 0.683. The van der Waals surface area contributed by atoms with Crippen molar-refractivity contribution >= 4 is 11.0 Å². The SMILES string of the molecule is COc1ccc2c(c1)nc(C#N)c(=N)n2O. The maximum absolute atomic E-state index is 9.63. The Labute approximate surface area is 90.4 Å². The van der Waals surface area contributed by atoms with Crippen LogP contribution in [0.5, 0.6) is 5.75 Å². The van der Waals surface area contributed by atoms with Gasteiger partial charge < -0.3 is 9.94 Å². The van der Waals surface area contributed by atoms with Crippen molar-refractivity contribution in [1.29, 1.82) is 10.7 Å². The van der Waals surface area contributed by atoms with Crippen LogP contribution in [0.2, 0.25) is 0 Å². The van der Waals surface area contributed by atoms with Crippen molar-refractivity contribution in [3.05, 3.63) is 29.4 Å². The molecule has 6 heteroatoms. The van der Waals surface area contributed by atoms with E-state index in [1.807, 2.05) is 0 Å². The third-order valence-electron chi connectivity index (χ3n) is 2.19. The molecule has 0 amide bonds. The van der Waals surface area contributed by atoms with Gasteiger partial charge in [-0.2, -0.15) is 9.99 Å². The third kappa shape index (κ3) is 1.35. The summed E-state index contributed by atoms with van der Waals surface area (Å²) >= 11 is 0. The molecule has 0 unspecified atom stereocenters. The number of fused-ring (bicyclic) bond motifs is 1. The molecule has 0 aliphatic heterocycles.